The van der Waals surface area contributed by atoms with Crippen LogP contribution in [-0.2, 0) is 38.1 Å². The van der Waals surface area contributed by atoms with Gasteiger partial charge in [-0.25, -0.2) is 33.7 Å². The number of hydrogen-bond acceptors (Lipinski definition) is 10. The fourth-order valence-corrected chi connectivity index (χ4v) is 9.77. The number of diazo groups is 1. The highest BCUT2D eigenvalue weighted by atomic mass is 35.7. The van der Waals surface area contributed by atoms with Gasteiger partial charge in [-0.1, -0.05) is 18.2 Å². The van der Waals surface area contributed by atoms with E-state index in [1.807, 2.05) is 0 Å². The fraction of sp³-hybridized carbons (Fsp3) is 0.167. The van der Waals surface area contributed by atoms with Gasteiger partial charge >= 0.3 is 5.69 Å². The lowest BCUT2D eigenvalue weighted by molar-refractivity contribution is 0.273. The quantitative estimate of drug-likeness (QED) is 0.228. The topological polar surface area (TPSA) is 191 Å². The molecule has 4 aromatic rings. The molecule has 0 aromatic heterocycles. The molecular weight excluding hydrogens is 687 g/mol. The summed E-state index contributed by atoms with van der Waals surface area (Å²) in [6.07, 6.45) is 0. The van der Waals surface area contributed by atoms with E-state index in [1.54, 1.807) is 0 Å². The zero-order chi connectivity index (χ0) is 31.5. The second-order valence-electron chi connectivity index (χ2n) is 9.37. The van der Waals surface area contributed by atoms with E-state index in [0.717, 1.165) is 32.9 Å². The molecule has 13 nitrogen and oxygen atoms in total. The van der Waals surface area contributed by atoms with E-state index in [1.165, 1.54) is 36.4 Å². The Bertz CT molecular complexity index is 2310. The largest absolute Gasteiger partial charge is 0.501 e. The lowest BCUT2D eigenvalue weighted by Crippen LogP contribution is -2.50. The van der Waals surface area contributed by atoms with Crippen molar-refractivity contribution in [2.24, 2.45) is 0 Å². The molecule has 0 amide bonds. The molecule has 1 aliphatic rings. The Labute approximate surface area is 255 Å². The Morgan fingerprint density at radius 3 is 1.74 bits per heavy atom. The van der Waals surface area contributed by atoms with Crippen molar-refractivity contribution in [3.63, 3.8) is 0 Å². The molecule has 0 aliphatic carbocycles. The van der Waals surface area contributed by atoms with E-state index in [0.29, 0.717) is 0 Å². The van der Waals surface area contributed by atoms with E-state index in [-0.39, 0.29) is 58.3 Å². The molecule has 5 rings (SSSR count). The van der Waals surface area contributed by atoms with E-state index >= 15 is 0 Å². The third-order valence-corrected chi connectivity index (χ3v) is 13.5. The lowest BCUT2D eigenvalue weighted by atomic mass is 10.1. The molecule has 226 valence electrons. The number of piperazine rings is 1. The molecule has 1 saturated heterocycles. The van der Waals surface area contributed by atoms with Crippen molar-refractivity contribution in [3.8, 4) is 5.75 Å². The third-order valence-electron chi connectivity index (χ3n) is 6.94. The molecule has 1 fully saturated rings. The van der Waals surface area contributed by atoms with Crippen LogP contribution in [0.15, 0.2) is 80.2 Å². The molecule has 1 heterocycles. The van der Waals surface area contributed by atoms with Crippen molar-refractivity contribution in [1.29, 1.82) is 5.39 Å². The summed E-state index contributed by atoms with van der Waals surface area (Å²) in [5.41, 5.74) is -0.153. The minimum atomic E-state index is -4.46. The van der Waals surface area contributed by atoms with Crippen molar-refractivity contribution in [2.45, 2.75) is 19.6 Å². The summed E-state index contributed by atoms with van der Waals surface area (Å²) < 4.78 is 105. The average Bonchev–Trinajstić information content (AvgIpc) is 2.95. The molecule has 0 atom stereocenters. The van der Waals surface area contributed by atoms with E-state index in [4.69, 9.17) is 26.8 Å². The zero-order valence-corrected chi connectivity index (χ0v) is 26.3. The lowest BCUT2D eigenvalue weighted by Gasteiger charge is -2.33. The Hall–Kier alpha value is -3.08. The predicted molar refractivity (Wildman–Crippen MR) is 158 cm³/mol. The van der Waals surface area contributed by atoms with Gasteiger partial charge in [0.05, 0.1) is 19.6 Å². The van der Waals surface area contributed by atoms with E-state index in [9.17, 15) is 38.8 Å². The molecule has 4 aromatic carbocycles. The van der Waals surface area contributed by atoms with Crippen LogP contribution in [0.1, 0.15) is 0 Å². The first-order valence-electron chi connectivity index (χ1n) is 12.0. The first kappa shape index (κ1) is 31.3. The molecular formula is C24H19Cl2N4O9S4+. The van der Waals surface area contributed by atoms with Crippen LogP contribution in [0.5, 0.6) is 5.75 Å². The van der Waals surface area contributed by atoms with Gasteiger partial charge in [0, 0.05) is 69.8 Å². The zero-order valence-electron chi connectivity index (χ0n) is 21.5. The summed E-state index contributed by atoms with van der Waals surface area (Å²) in [5, 5.41) is 19.6. The smallest absolute Gasteiger partial charge is 0.426 e. The van der Waals surface area contributed by atoms with Crippen molar-refractivity contribution in [2.75, 3.05) is 26.2 Å². The van der Waals surface area contributed by atoms with Crippen molar-refractivity contribution in [1.82, 2.24) is 8.61 Å². The van der Waals surface area contributed by atoms with Crippen LogP contribution in [0, 0.1) is 5.39 Å². The second-order valence-corrected chi connectivity index (χ2v) is 18.3. The van der Waals surface area contributed by atoms with Crippen LogP contribution in [0.2, 0.25) is 0 Å². The SMILES string of the molecule is N#[N+]c1ccc2c(S(=O)(=O)N3CCN(S(=O)(=O)c4cc(S(=O)(=O)Cl)cc5cc(S(=O)(=O)Cl)ccc45)CC3)cccc2c1O. The van der Waals surface area contributed by atoms with Crippen molar-refractivity contribution >= 4 is 86.7 Å². The Morgan fingerprint density at radius 2 is 1.19 bits per heavy atom. The number of nitrogens with zero attached hydrogens (tertiary/aromatic N) is 4. The first-order valence-corrected chi connectivity index (χ1v) is 19.5. The van der Waals surface area contributed by atoms with E-state index in [2.05, 4.69) is 4.98 Å². The molecule has 0 bridgehead atoms. The minimum Gasteiger partial charge on any atom is -0.501 e. The number of fused-ring (bicyclic) bond motifs is 2. The van der Waals surface area contributed by atoms with Crippen LogP contribution in [0.4, 0.5) is 5.69 Å². The highest BCUT2D eigenvalue weighted by Crippen LogP contribution is 2.38. The summed E-state index contributed by atoms with van der Waals surface area (Å²) in [4.78, 5) is 1.34. The van der Waals surface area contributed by atoms with Crippen LogP contribution in [-0.4, -0.2) is 73.6 Å². The van der Waals surface area contributed by atoms with Gasteiger partial charge in [-0.05, 0) is 41.8 Å². The number of phenols is 1. The number of rotatable bonds is 6. The number of hydrogen-bond donors (Lipinski definition) is 1. The summed E-state index contributed by atoms with van der Waals surface area (Å²) in [5.74, 6) is -0.419. The highest BCUT2D eigenvalue weighted by molar-refractivity contribution is 8.14. The Morgan fingerprint density at radius 1 is 0.651 bits per heavy atom. The van der Waals surface area contributed by atoms with Gasteiger partial charge in [0.1, 0.15) is 0 Å². The van der Waals surface area contributed by atoms with Gasteiger partial charge in [0.2, 0.25) is 31.2 Å². The fourth-order valence-electron chi connectivity index (χ4n) is 4.83. The molecule has 0 saturated carbocycles. The van der Waals surface area contributed by atoms with Crippen LogP contribution >= 0.6 is 21.4 Å². The second kappa shape index (κ2) is 10.8. The molecule has 1 aliphatic heterocycles. The third kappa shape index (κ3) is 5.65. The van der Waals surface area contributed by atoms with Gasteiger partial charge in [0.25, 0.3) is 18.1 Å². The van der Waals surface area contributed by atoms with Crippen molar-refractivity contribution in [3.05, 3.63) is 65.6 Å². The van der Waals surface area contributed by atoms with Gasteiger partial charge in [-0.2, -0.15) is 8.61 Å². The maximum absolute atomic E-state index is 13.8. The molecule has 0 spiro atoms. The van der Waals surface area contributed by atoms with Gasteiger partial charge in [0.15, 0.2) is 4.98 Å². The Kier molecular flexibility index (Phi) is 7.89. The van der Waals surface area contributed by atoms with Gasteiger partial charge in [-0.15, -0.1) is 0 Å². The summed E-state index contributed by atoms with van der Waals surface area (Å²) in [6, 6.07) is 11.9. The normalized spacial score (nSPS) is 15.9. The minimum absolute atomic E-state index is 0.00673. The Balaban J connectivity index is 1.50. The predicted octanol–water partition coefficient (Wildman–Crippen LogP) is 3.73. The highest BCUT2D eigenvalue weighted by Gasteiger charge is 2.36. The monoisotopic (exact) mass is 705 g/mol. The number of sulfonamides is 2. The summed E-state index contributed by atoms with van der Waals surface area (Å²) >= 11 is 0. The maximum Gasteiger partial charge on any atom is 0.426 e. The van der Waals surface area contributed by atoms with Gasteiger partial charge in [-0.3, -0.25) is 0 Å². The standard InChI is InChI=1S/C24H18Cl2N4O9S4/c25-40(32,33)16-4-5-18-15(12-16)13-17(41(26,34)35)14-23(18)43(38,39)30-10-8-29(9-11-30)42(36,37)22-3-1-2-20-19(22)6-7-21(28-27)24(20)31/h1-7,12-14H,8-11H2/p+1. The van der Waals surface area contributed by atoms with Crippen LogP contribution in [0.25, 0.3) is 26.5 Å². The summed E-state index contributed by atoms with van der Waals surface area (Å²) in [7, 11) is -6.44. The maximum atomic E-state index is 13.8. The molecule has 1 N–H and O–H groups in total. The molecule has 19 heteroatoms. The van der Waals surface area contributed by atoms with Crippen LogP contribution < -0.4 is 0 Å². The van der Waals surface area contributed by atoms with Gasteiger partial charge < -0.3 is 5.11 Å². The first-order chi connectivity index (χ1) is 20.0. The van der Waals surface area contributed by atoms with Crippen LogP contribution in [0.3, 0.4) is 0 Å². The van der Waals surface area contributed by atoms with Crippen molar-refractivity contribution < 1.29 is 38.8 Å². The number of halogens is 2. The summed E-state index contributed by atoms with van der Waals surface area (Å²) in [6.45, 7) is -1.15. The molecule has 43 heavy (non-hydrogen) atoms. The van der Waals surface area contributed by atoms with E-state index < -0.39 is 58.6 Å². The average molecular weight is 707 g/mol. The number of phenolic OH excluding ortho intramolecular Hbond substituents is 1. The molecule has 0 unspecified atom stereocenters. The number of benzene rings is 4. The molecule has 0 radical (unpaired) electrons. The number of aromatic hydroxyl groups is 1.